The van der Waals surface area contributed by atoms with Gasteiger partial charge in [-0.3, -0.25) is 4.90 Å². The van der Waals surface area contributed by atoms with Crippen LogP contribution >= 0.6 is 0 Å². The van der Waals surface area contributed by atoms with Crippen molar-refractivity contribution in [3.8, 4) is 0 Å². The van der Waals surface area contributed by atoms with Gasteiger partial charge in [0.15, 0.2) is 0 Å². The highest BCUT2D eigenvalue weighted by molar-refractivity contribution is 5.52. The number of hydrogen-bond acceptors (Lipinski definition) is 7. The number of nitrogens with zero attached hydrogens (tertiary/aromatic N) is 2. The van der Waals surface area contributed by atoms with Crippen LogP contribution in [0, 0.1) is 6.92 Å². The molecule has 7 nitrogen and oxygen atoms in total. The van der Waals surface area contributed by atoms with Crippen molar-refractivity contribution in [1.29, 1.82) is 0 Å². The van der Waals surface area contributed by atoms with Crippen LogP contribution in [0.1, 0.15) is 36.8 Å². The minimum Gasteiger partial charge on any atom is -0.395 e. The van der Waals surface area contributed by atoms with Crippen molar-refractivity contribution in [2.75, 3.05) is 45.7 Å². The van der Waals surface area contributed by atoms with E-state index in [0.717, 1.165) is 38.8 Å². The molecule has 0 bridgehead atoms. The monoisotopic (exact) mass is 409 g/mol. The Hall–Kier alpha value is -1.22. The Kier molecular flexibility index (Phi) is 9.82. The number of aliphatic hydroxyl groups is 4. The van der Waals surface area contributed by atoms with Crippen LogP contribution < -0.4 is 5.32 Å². The molecule has 0 amide bonds. The third kappa shape index (κ3) is 7.20. The lowest BCUT2D eigenvalue weighted by molar-refractivity contribution is -0.145. The van der Waals surface area contributed by atoms with Gasteiger partial charge >= 0.3 is 0 Å². The normalized spacial score (nSPS) is 25.5. The number of hydrogen-bond donors (Lipinski definition) is 5. The summed E-state index contributed by atoms with van der Waals surface area (Å²) < 4.78 is 0. The molecule has 4 atom stereocenters. The zero-order valence-corrected chi connectivity index (χ0v) is 18.1. The third-order valence-electron chi connectivity index (χ3n) is 5.69. The molecule has 0 aromatic heterocycles. The van der Waals surface area contributed by atoms with Gasteiger partial charge in [-0.05, 0) is 57.6 Å². The summed E-state index contributed by atoms with van der Waals surface area (Å²) in [5, 5.41) is 42.6. The summed E-state index contributed by atoms with van der Waals surface area (Å²) in [6.45, 7) is 4.78. The molecule has 7 heteroatoms. The quantitative estimate of drug-likeness (QED) is 0.345. The van der Waals surface area contributed by atoms with Crippen LogP contribution in [0.3, 0.4) is 0 Å². The first-order chi connectivity index (χ1) is 13.8. The highest BCUT2D eigenvalue weighted by Crippen LogP contribution is 2.20. The molecule has 0 unspecified atom stereocenters. The minimum absolute atomic E-state index is 0.221. The van der Waals surface area contributed by atoms with E-state index in [0.29, 0.717) is 6.54 Å². The molecular weight excluding hydrogens is 370 g/mol. The lowest BCUT2D eigenvalue weighted by Gasteiger charge is -2.43. The van der Waals surface area contributed by atoms with Gasteiger partial charge in [0.2, 0.25) is 0 Å². The second-order valence-corrected chi connectivity index (χ2v) is 8.52. The Morgan fingerprint density at radius 1 is 1.07 bits per heavy atom. The molecule has 1 heterocycles. The smallest absolute Gasteiger partial charge is 0.109 e. The van der Waals surface area contributed by atoms with E-state index < -0.39 is 24.4 Å². The topological polar surface area (TPSA) is 99.4 Å². The molecule has 0 radical (unpaired) electrons. The number of likely N-dealkylation sites (tertiary alicyclic amines) is 1. The Balaban J connectivity index is 1.64. The van der Waals surface area contributed by atoms with E-state index in [1.807, 2.05) is 4.90 Å². The van der Waals surface area contributed by atoms with Gasteiger partial charge in [0.05, 0.1) is 18.8 Å². The first-order valence-electron chi connectivity index (χ1n) is 10.7. The van der Waals surface area contributed by atoms with Gasteiger partial charge in [0.25, 0.3) is 0 Å². The van der Waals surface area contributed by atoms with Gasteiger partial charge in [-0.25, -0.2) is 0 Å². The average Bonchev–Trinajstić information content (AvgIpc) is 2.66. The van der Waals surface area contributed by atoms with Crippen LogP contribution in [0.15, 0.2) is 18.2 Å². The van der Waals surface area contributed by atoms with Crippen LogP contribution in [0.25, 0.3) is 0 Å². The summed E-state index contributed by atoms with van der Waals surface area (Å²) in [6.07, 6.45) is 0.887. The van der Waals surface area contributed by atoms with E-state index in [1.165, 1.54) is 16.8 Å². The Bertz CT molecular complexity index is 614. The van der Waals surface area contributed by atoms with Crippen molar-refractivity contribution in [2.45, 2.75) is 63.5 Å². The molecule has 1 aliphatic rings. The number of aliphatic hydroxyl groups excluding tert-OH is 4. The molecular formula is C22H39N3O4. The fraction of sp³-hybridized carbons (Fsp3) is 0.727. The largest absolute Gasteiger partial charge is 0.395 e. The van der Waals surface area contributed by atoms with E-state index in [9.17, 15) is 20.4 Å². The predicted octanol–water partition coefficient (Wildman–Crippen LogP) is 0.788. The summed E-state index contributed by atoms with van der Waals surface area (Å²) in [6, 6.07) is 6.06. The fourth-order valence-corrected chi connectivity index (χ4v) is 4.04. The van der Waals surface area contributed by atoms with Crippen molar-refractivity contribution >= 4 is 5.69 Å². The van der Waals surface area contributed by atoms with Crippen LogP contribution in [-0.4, -0.2) is 94.9 Å². The number of anilines is 1. The predicted molar refractivity (Wildman–Crippen MR) is 116 cm³/mol. The van der Waals surface area contributed by atoms with Gasteiger partial charge < -0.3 is 30.6 Å². The molecule has 2 rings (SSSR count). The summed E-state index contributed by atoms with van der Waals surface area (Å²) in [7, 11) is 4.15. The molecule has 1 aromatic rings. The first kappa shape index (κ1) is 24.1. The third-order valence-corrected chi connectivity index (χ3v) is 5.69. The molecule has 1 fully saturated rings. The number of piperidine rings is 1. The SMILES string of the molecule is Cc1cc(CN(C)C)ccc1NCCCCCCN1C[C@H](O)[C@@H](O)[C@H](O)[C@H]1CO. The van der Waals surface area contributed by atoms with E-state index in [1.54, 1.807) is 0 Å². The van der Waals surface area contributed by atoms with E-state index >= 15 is 0 Å². The first-order valence-corrected chi connectivity index (χ1v) is 10.7. The maximum absolute atomic E-state index is 10.0. The zero-order chi connectivity index (χ0) is 21.4. The molecule has 0 spiro atoms. The molecule has 5 N–H and O–H groups in total. The maximum atomic E-state index is 10.0. The molecule has 0 saturated carbocycles. The van der Waals surface area contributed by atoms with Crippen molar-refractivity contribution in [3.63, 3.8) is 0 Å². The van der Waals surface area contributed by atoms with Gasteiger partial charge in [-0.15, -0.1) is 0 Å². The van der Waals surface area contributed by atoms with Crippen LogP contribution in [0.5, 0.6) is 0 Å². The molecule has 1 aromatic carbocycles. The molecule has 1 saturated heterocycles. The molecule has 29 heavy (non-hydrogen) atoms. The lowest BCUT2D eigenvalue weighted by Crippen LogP contribution is -2.62. The van der Waals surface area contributed by atoms with Crippen molar-refractivity contribution in [3.05, 3.63) is 29.3 Å². The molecule has 0 aliphatic carbocycles. The number of nitrogens with one attached hydrogen (secondary N) is 1. The van der Waals surface area contributed by atoms with E-state index in [4.69, 9.17) is 0 Å². The number of rotatable bonds is 11. The summed E-state index contributed by atoms with van der Waals surface area (Å²) in [5.74, 6) is 0. The van der Waals surface area contributed by atoms with E-state index in [2.05, 4.69) is 49.4 Å². The lowest BCUT2D eigenvalue weighted by atomic mass is 9.94. The number of β-amino-alcohol motifs (C(OH)–C–C–N with tert-alkyl or cyclic N) is 1. The number of aryl methyl sites for hydroxylation is 1. The molecule has 1 aliphatic heterocycles. The van der Waals surface area contributed by atoms with Crippen LogP contribution in [0.2, 0.25) is 0 Å². The van der Waals surface area contributed by atoms with Crippen molar-refractivity contribution in [2.24, 2.45) is 0 Å². The van der Waals surface area contributed by atoms with Gasteiger partial charge in [-0.1, -0.05) is 25.0 Å². The van der Waals surface area contributed by atoms with Crippen LogP contribution in [-0.2, 0) is 6.54 Å². The summed E-state index contributed by atoms with van der Waals surface area (Å²) in [4.78, 5) is 4.05. The standard InChI is InChI=1S/C22H39N3O4/c1-16-12-17(13-24(2)3)8-9-18(16)23-10-6-4-5-7-11-25-14-20(27)22(29)21(28)19(25)15-26/h8-9,12,19-23,26-29H,4-7,10-11,13-15H2,1-3H3/t19-,20+,21-,22-/m1/s1. The molecule has 166 valence electrons. The second-order valence-electron chi connectivity index (χ2n) is 8.52. The van der Waals surface area contributed by atoms with Gasteiger partial charge in [0, 0.05) is 25.3 Å². The zero-order valence-electron chi connectivity index (χ0n) is 18.1. The van der Waals surface area contributed by atoms with Gasteiger partial charge in [0.1, 0.15) is 12.2 Å². The Morgan fingerprint density at radius 2 is 1.79 bits per heavy atom. The van der Waals surface area contributed by atoms with E-state index in [-0.39, 0.29) is 13.2 Å². The fourth-order valence-electron chi connectivity index (χ4n) is 4.04. The summed E-state index contributed by atoms with van der Waals surface area (Å²) in [5.41, 5.74) is 3.77. The van der Waals surface area contributed by atoms with Crippen molar-refractivity contribution < 1.29 is 20.4 Å². The van der Waals surface area contributed by atoms with Crippen molar-refractivity contribution in [1.82, 2.24) is 9.80 Å². The number of unbranched alkanes of at least 4 members (excludes halogenated alkanes) is 3. The Morgan fingerprint density at radius 3 is 2.45 bits per heavy atom. The average molecular weight is 410 g/mol. The Labute approximate surface area is 175 Å². The number of benzene rings is 1. The highest BCUT2D eigenvalue weighted by Gasteiger charge is 2.40. The van der Waals surface area contributed by atoms with Gasteiger partial charge in [-0.2, -0.15) is 0 Å². The maximum Gasteiger partial charge on any atom is 0.109 e. The summed E-state index contributed by atoms with van der Waals surface area (Å²) >= 11 is 0. The van der Waals surface area contributed by atoms with Crippen LogP contribution in [0.4, 0.5) is 5.69 Å². The highest BCUT2D eigenvalue weighted by atomic mass is 16.4. The second kappa shape index (κ2) is 11.8. The minimum atomic E-state index is -1.19.